The van der Waals surface area contributed by atoms with Gasteiger partial charge in [-0.2, -0.15) is 5.10 Å². The Bertz CT molecular complexity index is 701. The number of nitrogens with one attached hydrogen (secondary N) is 1. The molecule has 102 valence electrons. The Morgan fingerprint density at radius 3 is 2.50 bits per heavy atom. The lowest BCUT2D eigenvalue weighted by Gasteiger charge is -2.16. The maximum Gasteiger partial charge on any atom is 0.0917 e. The van der Waals surface area contributed by atoms with Crippen molar-refractivity contribution in [1.82, 2.24) is 15.1 Å². The molecule has 0 aliphatic carbocycles. The van der Waals surface area contributed by atoms with Gasteiger partial charge in [-0.25, -0.2) is 0 Å². The van der Waals surface area contributed by atoms with Crippen LogP contribution in [0.5, 0.6) is 0 Å². The molecule has 0 amide bonds. The predicted octanol–water partition coefficient (Wildman–Crippen LogP) is 3.27. The number of rotatable bonds is 4. The summed E-state index contributed by atoms with van der Waals surface area (Å²) in [5.41, 5.74) is 3.51. The first-order valence-corrected chi connectivity index (χ1v) is 7.01. The second-order valence-corrected chi connectivity index (χ2v) is 4.93. The van der Waals surface area contributed by atoms with Crippen molar-refractivity contribution in [3.8, 4) is 0 Å². The van der Waals surface area contributed by atoms with Crippen LogP contribution in [-0.2, 0) is 7.05 Å². The lowest BCUT2D eigenvalue weighted by atomic mass is 10.0. The molecular weight excluding hydrogens is 246 g/mol. The van der Waals surface area contributed by atoms with Crippen molar-refractivity contribution in [2.45, 2.75) is 13.0 Å². The lowest BCUT2D eigenvalue weighted by Crippen LogP contribution is -2.22. The molecule has 3 nitrogen and oxygen atoms in total. The van der Waals surface area contributed by atoms with Gasteiger partial charge in [0.05, 0.1) is 17.3 Å². The fourth-order valence-corrected chi connectivity index (χ4v) is 2.68. The van der Waals surface area contributed by atoms with Crippen molar-refractivity contribution >= 4 is 10.9 Å². The summed E-state index contributed by atoms with van der Waals surface area (Å²) in [5, 5.41) is 9.50. The number of aromatic nitrogens is 2. The summed E-state index contributed by atoms with van der Waals surface area (Å²) >= 11 is 0. The molecule has 0 spiro atoms. The molecule has 0 fully saturated rings. The third-order valence-electron chi connectivity index (χ3n) is 3.60. The van der Waals surface area contributed by atoms with Crippen molar-refractivity contribution in [3.05, 3.63) is 65.9 Å². The van der Waals surface area contributed by atoms with Gasteiger partial charge >= 0.3 is 0 Å². The second-order valence-electron chi connectivity index (χ2n) is 4.93. The number of hydrogen-bond acceptors (Lipinski definition) is 2. The molecule has 3 rings (SSSR count). The van der Waals surface area contributed by atoms with Gasteiger partial charge in [-0.15, -0.1) is 0 Å². The average molecular weight is 265 g/mol. The van der Waals surface area contributed by atoms with Crippen LogP contribution in [0, 0.1) is 0 Å². The minimum absolute atomic E-state index is 0.132. The molecule has 3 aromatic rings. The van der Waals surface area contributed by atoms with Crippen molar-refractivity contribution in [1.29, 1.82) is 0 Å². The van der Waals surface area contributed by atoms with Crippen molar-refractivity contribution < 1.29 is 0 Å². The zero-order valence-corrected chi connectivity index (χ0v) is 11.9. The molecule has 20 heavy (non-hydrogen) atoms. The minimum atomic E-state index is 0.132. The zero-order chi connectivity index (χ0) is 13.9. The molecule has 1 N–H and O–H groups in total. The maximum atomic E-state index is 4.74. The van der Waals surface area contributed by atoms with Gasteiger partial charge in [-0.05, 0) is 18.2 Å². The molecule has 0 saturated heterocycles. The monoisotopic (exact) mass is 265 g/mol. The highest BCUT2D eigenvalue weighted by Gasteiger charge is 2.19. The molecule has 1 heterocycles. The number of fused-ring (bicyclic) bond motifs is 1. The Morgan fingerprint density at radius 1 is 1.05 bits per heavy atom. The van der Waals surface area contributed by atoms with Gasteiger partial charge in [0.2, 0.25) is 0 Å². The summed E-state index contributed by atoms with van der Waals surface area (Å²) in [6, 6.07) is 19.0. The standard InChI is InChI=1S/C17H19N3/c1-3-18-16(13-9-5-4-6-10-13)17-14-11-7-8-12-15(14)20(2)19-17/h4-12,16,18H,3H2,1-2H3. The molecule has 2 aromatic carbocycles. The summed E-state index contributed by atoms with van der Waals surface area (Å²) in [5.74, 6) is 0. The number of nitrogens with zero attached hydrogens (tertiary/aromatic N) is 2. The molecule has 1 atom stereocenters. The Hall–Kier alpha value is -2.13. The normalized spacial score (nSPS) is 12.7. The van der Waals surface area contributed by atoms with Crippen LogP contribution in [0.2, 0.25) is 0 Å². The van der Waals surface area contributed by atoms with E-state index in [9.17, 15) is 0 Å². The van der Waals surface area contributed by atoms with E-state index in [-0.39, 0.29) is 6.04 Å². The van der Waals surface area contributed by atoms with Gasteiger partial charge in [0.25, 0.3) is 0 Å². The Morgan fingerprint density at radius 2 is 1.75 bits per heavy atom. The molecule has 0 bridgehead atoms. The van der Waals surface area contributed by atoms with Gasteiger partial charge in [-0.1, -0.05) is 55.5 Å². The highest BCUT2D eigenvalue weighted by atomic mass is 15.3. The van der Waals surface area contributed by atoms with E-state index in [1.807, 2.05) is 17.8 Å². The summed E-state index contributed by atoms with van der Waals surface area (Å²) in [7, 11) is 2.00. The molecule has 0 aliphatic heterocycles. The Labute approximate surface area is 119 Å². The minimum Gasteiger partial charge on any atom is -0.305 e. The van der Waals surface area contributed by atoms with Gasteiger partial charge in [-0.3, -0.25) is 4.68 Å². The van der Waals surface area contributed by atoms with Crippen molar-refractivity contribution in [3.63, 3.8) is 0 Å². The van der Waals surface area contributed by atoms with Crippen molar-refractivity contribution in [2.24, 2.45) is 7.05 Å². The molecule has 3 heteroatoms. The highest BCUT2D eigenvalue weighted by Crippen LogP contribution is 2.27. The Balaban J connectivity index is 2.15. The second kappa shape index (κ2) is 5.47. The molecule has 0 radical (unpaired) electrons. The number of hydrogen-bond donors (Lipinski definition) is 1. The smallest absolute Gasteiger partial charge is 0.0917 e. The van der Waals surface area contributed by atoms with E-state index in [4.69, 9.17) is 5.10 Å². The van der Waals surface area contributed by atoms with E-state index >= 15 is 0 Å². The van der Waals surface area contributed by atoms with Crippen LogP contribution in [0.15, 0.2) is 54.6 Å². The van der Waals surface area contributed by atoms with Crippen LogP contribution in [-0.4, -0.2) is 16.3 Å². The number of benzene rings is 2. The molecular formula is C17H19N3. The summed E-state index contributed by atoms with van der Waals surface area (Å²) in [6.45, 7) is 3.03. The van der Waals surface area contributed by atoms with Crippen molar-refractivity contribution in [2.75, 3.05) is 6.54 Å². The van der Waals surface area contributed by atoms with Crippen LogP contribution in [0.25, 0.3) is 10.9 Å². The third-order valence-corrected chi connectivity index (χ3v) is 3.60. The first kappa shape index (κ1) is 12.9. The molecule has 1 aromatic heterocycles. The first-order chi connectivity index (χ1) is 9.81. The van der Waals surface area contributed by atoms with Crippen LogP contribution in [0.1, 0.15) is 24.2 Å². The topological polar surface area (TPSA) is 29.9 Å². The molecule has 0 saturated carbocycles. The molecule has 1 unspecified atom stereocenters. The summed E-state index contributed by atoms with van der Waals surface area (Å²) in [6.07, 6.45) is 0. The summed E-state index contributed by atoms with van der Waals surface area (Å²) in [4.78, 5) is 0. The van der Waals surface area contributed by atoms with E-state index in [2.05, 4.69) is 60.8 Å². The van der Waals surface area contributed by atoms with E-state index in [1.165, 1.54) is 16.5 Å². The van der Waals surface area contributed by atoms with Gasteiger partial charge in [0.15, 0.2) is 0 Å². The van der Waals surface area contributed by atoms with E-state index < -0.39 is 0 Å². The average Bonchev–Trinajstić information content (AvgIpc) is 2.83. The Kier molecular flexibility index (Phi) is 3.52. The first-order valence-electron chi connectivity index (χ1n) is 7.01. The quantitative estimate of drug-likeness (QED) is 0.784. The van der Waals surface area contributed by atoms with Crippen LogP contribution in [0.3, 0.4) is 0 Å². The maximum absolute atomic E-state index is 4.74. The van der Waals surface area contributed by atoms with Crippen LogP contribution < -0.4 is 5.32 Å². The van der Waals surface area contributed by atoms with E-state index in [0.29, 0.717) is 0 Å². The number of para-hydroxylation sites is 1. The van der Waals surface area contributed by atoms with Gasteiger partial charge in [0.1, 0.15) is 0 Å². The van der Waals surface area contributed by atoms with Crippen LogP contribution in [0.4, 0.5) is 0 Å². The zero-order valence-electron chi connectivity index (χ0n) is 11.9. The highest BCUT2D eigenvalue weighted by molar-refractivity contribution is 5.82. The van der Waals surface area contributed by atoms with Gasteiger partial charge < -0.3 is 5.32 Å². The number of aryl methyl sites for hydroxylation is 1. The van der Waals surface area contributed by atoms with E-state index in [0.717, 1.165) is 12.2 Å². The van der Waals surface area contributed by atoms with Gasteiger partial charge in [0, 0.05) is 12.4 Å². The van der Waals surface area contributed by atoms with Crippen LogP contribution >= 0.6 is 0 Å². The third kappa shape index (κ3) is 2.21. The fraction of sp³-hybridized carbons (Fsp3) is 0.235. The fourth-order valence-electron chi connectivity index (χ4n) is 2.68. The van der Waals surface area contributed by atoms with E-state index in [1.54, 1.807) is 0 Å². The predicted molar refractivity (Wildman–Crippen MR) is 82.7 cm³/mol. The molecule has 0 aliphatic rings. The lowest BCUT2D eigenvalue weighted by molar-refractivity contribution is 0.604. The largest absolute Gasteiger partial charge is 0.305 e. The summed E-state index contributed by atoms with van der Waals surface area (Å²) < 4.78 is 1.96. The SMILES string of the molecule is CCNC(c1ccccc1)c1nn(C)c2ccccc12.